The van der Waals surface area contributed by atoms with E-state index in [0.29, 0.717) is 22.7 Å². The number of rotatable bonds is 4. The topological polar surface area (TPSA) is 55.8 Å². The van der Waals surface area contributed by atoms with Gasteiger partial charge < -0.3 is 9.47 Å². The van der Waals surface area contributed by atoms with E-state index in [1.54, 1.807) is 50.4 Å². The second-order valence-electron chi connectivity index (χ2n) is 5.30. The maximum atomic E-state index is 12.5. The van der Waals surface area contributed by atoms with E-state index in [1.807, 2.05) is 12.1 Å². The van der Waals surface area contributed by atoms with E-state index < -0.39 is 6.10 Å². The van der Waals surface area contributed by atoms with Crippen molar-refractivity contribution in [2.45, 2.75) is 13.0 Å². The number of Topliss-reactive ketones (excluding diaryl/α,β-unsaturated/α-hetero) is 1. The van der Waals surface area contributed by atoms with Crippen LogP contribution in [-0.4, -0.2) is 31.4 Å². The molecule has 0 radical (unpaired) electrons. The first-order chi connectivity index (χ1) is 11.1. The van der Waals surface area contributed by atoms with Crippen LogP contribution in [0.15, 0.2) is 48.5 Å². The number of hydrogen-bond donors (Lipinski definition) is 0. The summed E-state index contributed by atoms with van der Waals surface area (Å²) in [7, 11) is 1.57. The van der Waals surface area contributed by atoms with Gasteiger partial charge in [0, 0.05) is 5.56 Å². The largest absolute Gasteiger partial charge is 0.497 e. The zero-order valence-corrected chi connectivity index (χ0v) is 13.0. The summed E-state index contributed by atoms with van der Waals surface area (Å²) in [6.07, 6.45) is -0.603. The van der Waals surface area contributed by atoms with Gasteiger partial charge in [-0.3, -0.25) is 14.5 Å². The minimum absolute atomic E-state index is 0.0180. The number of carbonyl (C=O) groups is 2. The maximum Gasteiger partial charge on any atom is 0.268 e. The lowest BCUT2D eigenvalue weighted by molar-refractivity contribution is -0.125. The van der Waals surface area contributed by atoms with E-state index in [9.17, 15) is 9.59 Å². The molecule has 0 spiro atoms. The Morgan fingerprint density at radius 1 is 1.17 bits per heavy atom. The number of hydrogen-bond acceptors (Lipinski definition) is 4. The number of para-hydroxylation sites is 2. The number of methoxy groups -OCH3 is 1. The van der Waals surface area contributed by atoms with Crippen LogP contribution in [0.1, 0.15) is 17.3 Å². The third-order valence-corrected chi connectivity index (χ3v) is 3.79. The van der Waals surface area contributed by atoms with Crippen LogP contribution in [-0.2, 0) is 4.79 Å². The quantitative estimate of drug-likeness (QED) is 0.815. The molecular weight excluding hydrogens is 294 g/mol. The van der Waals surface area contributed by atoms with Crippen LogP contribution in [0.2, 0.25) is 0 Å². The number of fused-ring (bicyclic) bond motifs is 1. The normalized spacial score (nSPS) is 16.5. The van der Waals surface area contributed by atoms with Gasteiger partial charge in [0.25, 0.3) is 5.91 Å². The van der Waals surface area contributed by atoms with Crippen LogP contribution in [0, 0.1) is 0 Å². The van der Waals surface area contributed by atoms with Crippen molar-refractivity contribution >= 4 is 17.4 Å². The van der Waals surface area contributed by atoms with Crippen LogP contribution >= 0.6 is 0 Å². The molecule has 2 aromatic carbocycles. The maximum absolute atomic E-state index is 12.5. The average Bonchev–Trinajstić information content (AvgIpc) is 2.59. The number of ketones is 1. The lowest BCUT2D eigenvalue weighted by Crippen LogP contribution is -2.46. The number of amides is 1. The lowest BCUT2D eigenvalue weighted by Gasteiger charge is -2.32. The third-order valence-electron chi connectivity index (χ3n) is 3.79. The summed E-state index contributed by atoms with van der Waals surface area (Å²) in [6, 6.07) is 14.1. The smallest absolute Gasteiger partial charge is 0.268 e. The van der Waals surface area contributed by atoms with E-state index in [4.69, 9.17) is 9.47 Å². The van der Waals surface area contributed by atoms with Crippen molar-refractivity contribution in [1.82, 2.24) is 0 Å². The first-order valence-electron chi connectivity index (χ1n) is 7.34. The van der Waals surface area contributed by atoms with Crippen molar-refractivity contribution in [3.05, 3.63) is 54.1 Å². The molecule has 5 nitrogen and oxygen atoms in total. The van der Waals surface area contributed by atoms with Crippen molar-refractivity contribution < 1.29 is 19.1 Å². The molecule has 3 rings (SSSR count). The van der Waals surface area contributed by atoms with E-state index in [0.717, 1.165) is 0 Å². The van der Waals surface area contributed by atoms with Crippen LogP contribution in [0.3, 0.4) is 0 Å². The highest BCUT2D eigenvalue weighted by Gasteiger charge is 2.32. The summed E-state index contributed by atoms with van der Waals surface area (Å²) < 4.78 is 10.7. The van der Waals surface area contributed by atoms with Crippen molar-refractivity contribution in [3.63, 3.8) is 0 Å². The van der Waals surface area contributed by atoms with Crippen molar-refractivity contribution in [1.29, 1.82) is 0 Å². The van der Waals surface area contributed by atoms with Crippen molar-refractivity contribution in [2.24, 2.45) is 0 Å². The Morgan fingerprint density at radius 3 is 2.57 bits per heavy atom. The zero-order valence-electron chi connectivity index (χ0n) is 13.0. The van der Waals surface area contributed by atoms with Gasteiger partial charge in [0.1, 0.15) is 11.5 Å². The highest BCUT2D eigenvalue weighted by atomic mass is 16.5. The van der Waals surface area contributed by atoms with Gasteiger partial charge in [-0.15, -0.1) is 0 Å². The lowest BCUT2D eigenvalue weighted by atomic mass is 10.1. The van der Waals surface area contributed by atoms with Gasteiger partial charge in [-0.25, -0.2) is 0 Å². The first kappa shape index (κ1) is 15.1. The number of benzene rings is 2. The molecule has 118 valence electrons. The number of anilines is 1. The average molecular weight is 311 g/mol. The van der Waals surface area contributed by atoms with Gasteiger partial charge in [0.05, 0.1) is 19.3 Å². The molecule has 0 aromatic heterocycles. The molecule has 1 aliphatic heterocycles. The molecule has 0 unspecified atom stereocenters. The summed E-state index contributed by atoms with van der Waals surface area (Å²) in [6.45, 7) is 1.67. The van der Waals surface area contributed by atoms with Gasteiger partial charge >= 0.3 is 0 Å². The third kappa shape index (κ3) is 2.90. The highest BCUT2D eigenvalue weighted by molar-refractivity contribution is 6.08. The van der Waals surface area contributed by atoms with Crippen LogP contribution in [0.4, 0.5) is 5.69 Å². The standard InChI is InChI=1S/C18H17NO4/c1-12-18(21)19(15-5-3-4-6-17(15)23-12)11-16(20)13-7-9-14(22-2)10-8-13/h3-10,12H,11H2,1-2H3/t12-/m1/s1. The van der Waals surface area contributed by atoms with E-state index in [2.05, 4.69) is 0 Å². The molecule has 1 aliphatic rings. The zero-order chi connectivity index (χ0) is 16.4. The molecule has 5 heteroatoms. The Bertz CT molecular complexity index is 739. The number of nitrogens with zero attached hydrogens (tertiary/aromatic N) is 1. The fourth-order valence-electron chi connectivity index (χ4n) is 2.53. The van der Waals surface area contributed by atoms with Crippen LogP contribution < -0.4 is 14.4 Å². The molecule has 0 aliphatic carbocycles. The van der Waals surface area contributed by atoms with E-state index in [1.165, 1.54) is 4.90 Å². The Morgan fingerprint density at radius 2 is 1.87 bits per heavy atom. The number of ether oxygens (including phenoxy) is 2. The van der Waals surface area contributed by atoms with E-state index in [-0.39, 0.29) is 18.2 Å². The molecule has 0 bridgehead atoms. The fraction of sp³-hybridized carbons (Fsp3) is 0.222. The fourth-order valence-corrected chi connectivity index (χ4v) is 2.53. The van der Waals surface area contributed by atoms with Crippen LogP contribution in [0.25, 0.3) is 0 Å². The predicted octanol–water partition coefficient (Wildman–Crippen LogP) is 2.69. The summed E-state index contributed by atoms with van der Waals surface area (Å²) in [5.41, 5.74) is 1.16. The van der Waals surface area contributed by atoms with Crippen molar-refractivity contribution in [3.8, 4) is 11.5 Å². The number of carbonyl (C=O) groups excluding carboxylic acids is 2. The summed E-state index contributed by atoms with van der Waals surface area (Å²) in [5.74, 6) is 0.945. The Labute approximate surface area is 134 Å². The molecule has 23 heavy (non-hydrogen) atoms. The van der Waals surface area contributed by atoms with Crippen LogP contribution in [0.5, 0.6) is 11.5 Å². The molecular formula is C18H17NO4. The molecule has 0 fully saturated rings. The first-order valence-corrected chi connectivity index (χ1v) is 7.34. The van der Waals surface area contributed by atoms with Gasteiger partial charge in [0.2, 0.25) is 0 Å². The summed E-state index contributed by atoms with van der Waals surface area (Å²) >= 11 is 0. The SMILES string of the molecule is COc1ccc(C(=O)CN2C(=O)[C@@H](C)Oc3ccccc32)cc1. The Hall–Kier alpha value is -2.82. The molecule has 2 aromatic rings. The molecule has 0 saturated heterocycles. The Balaban J connectivity index is 1.85. The Kier molecular flexibility index (Phi) is 4.02. The molecule has 0 saturated carbocycles. The van der Waals surface area contributed by atoms with Gasteiger partial charge in [-0.1, -0.05) is 12.1 Å². The molecule has 1 atom stereocenters. The predicted molar refractivity (Wildman–Crippen MR) is 86.2 cm³/mol. The van der Waals surface area contributed by atoms with Gasteiger partial charge in [0.15, 0.2) is 11.9 Å². The summed E-state index contributed by atoms with van der Waals surface area (Å²) in [5, 5.41) is 0. The minimum atomic E-state index is -0.603. The molecule has 0 N–H and O–H groups in total. The van der Waals surface area contributed by atoms with Gasteiger partial charge in [-0.2, -0.15) is 0 Å². The van der Waals surface area contributed by atoms with Crippen molar-refractivity contribution in [2.75, 3.05) is 18.6 Å². The molecule has 1 heterocycles. The minimum Gasteiger partial charge on any atom is -0.497 e. The summed E-state index contributed by atoms with van der Waals surface area (Å²) in [4.78, 5) is 26.4. The second kappa shape index (κ2) is 6.12. The highest BCUT2D eigenvalue weighted by Crippen LogP contribution is 2.33. The second-order valence-corrected chi connectivity index (χ2v) is 5.30. The molecule has 1 amide bonds. The van der Waals surface area contributed by atoms with Gasteiger partial charge in [-0.05, 0) is 43.3 Å². The monoisotopic (exact) mass is 311 g/mol. The van der Waals surface area contributed by atoms with E-state index >= 15 is 0 Å².